The number of hydrogen-bond donors (Lipinski definition) is 0. The minimum absolute atomic E-state index is 0.0513. The molecule has 1 saturated heterocycles. The van der Waals surface area contributed by atoms with E-state index in [9.17, 15) is 0 Å². The molecule has 5 heteroatoms. The molecule has 5 aliphatic rings. The van der Waals surface area contributed by atoms with Crippen molar-refractivity contribution < 1.29 is 0 Å². The van der Waals surface area contributed by atoms with Gasteiger partial charge in [0.15, 0.2) is 5.82 Å². The van der Waals surface area contributed by atoms with Crippen molar-refractivity contribution in [3.8, 4) is 5.69 Å². The molecule has 2 aromatic rings. The third-order valence-corrected chi connectivity index (χ3v) is 8.18. The third kappa shape index (κ3) is 2.18. The van der Waals surface area contributed by atoms with Gasteiger partial charge in [-0.2, -0.15) is 4.68 Å². The molecule has 142 valence electrons. The lowest BCUT2D eigenvalue weighted by molar-refractivity contribution is -0.140. The van der Waals surface area contributed by atoms with Gasteiger partial charge in [0.05, 0.1) is 11.2 Å². The third-order valence-electron chi connectivity index (χ3n) is 8.18. The number of benzene rings is 1. The van der Waals surface area contributed by atoms with Crippen LogP contribution in [0.2, 0.25) is 0 Å². The molecule has 0 atom stereocenters. The minimum Gasteiger partial charge on any atom is -0.290 e. The summed E-state index contributed by atoms with van der Waals surface area (Å²) in [5, 5.41) is 13.5. The molecule has 5 nitrogen and oxygen atoms in total. The van der Waals surface area contributed by atoms with Crippen LogP contribution >= 0.6 is 0 Å². The zero-order valence-electron chi connectivity index (χ0n) is 16.2. The van der Waals surface area contributed by atoms with E-state index >= 15 is 0 Å². The Bertz CT molecular complexity index is 822. The first-order valence-corrected chi connectivity index (χ1v) is 10.9. The Balaban J connectivity index is 1.55. The summed E-state index contributed by atoms with van der Waals surface area (Å²) in [5.41, 5.74) is 2.44. The molecule has 2 heterocycles. The molecule has 4 saturated carbocycles. The number of likely N-dealkylation sites (tertiary alicyclic amines) is 1. The first kappa shape index (κ1) is 16.2. The fraction of sp³-hybridized carbons (Fsp3) is 0.682. The number of rotatable bonds is 3. The molecule has 5 fully saturated rings. The molecular weight excluding hydrogens is 334 g/mol. The summed E-state index contributed by atoms with van der Waals surface area (Å²) in [6.45, 7) is 4.59. The molecule has 0 radical (unpaired) electrons. The van der Waals surface area contributed by atoms with Crippen molar-refractivity contribution in [3.05, 3.63) is 35.7 Å². The fourth-order valence-corrected chi connectivity index (χ4v) is 7.41. The molecular formula is C22H29N5. The molecule has 1 aromatic heterocycles. The predicted octanol–water partition coefficient (Wildman–Crippen LogP) is 3.72. The normalized spacial score (nSPS) is 38.0. The number of nitrogens with zero attached hydrogens (tertiary/aromatic N) is 5. The lowest BCUT2D eigenvalue weighted by Gasteiger charge is -2.63. The second-order valence-electron chi connectivity index (χ2n) is 9.52. The van der Waals surface area contributed by atoms with Gasteiger partial charge in [0, 0.05) is 0 Å². The van der Waals surface area contributed by atoms with E-state index < -0.39 is 0 Å². The monoisotopic (exact) mass is 363 g/mol. The zero-order valence-corrected chi connectivity index (χ0v) is 16.2. The Morgan fingerprint density at radius 1 is 0.926 bits per heavy atom. The van der Waals surface area contributed by atoms with Gasteiger partial charge in [-0.15, -0.1) is 5.10 Å². The fourth-order valence-electron chi connectivity index (χ4n) is 7.41. The largest absolute Gasteiger partial charge is 0.290 e. The maximum atomic E-state index is 4.76. The number of tetrazole rings is 1. The summed E-state index contributed by atoms with van der Waals surface area (Å²) in [6.07, 6.45) is 9.63. The molecule has 0 unspecified atom stereocenters. The van der Waals surface area contributed by atoms with Crippen molar-refractivity contribution in [2.24, 2.45) is 23.7 Å². The van der Waals surface area contributed by atoms with Crippen LogP contribution in [0.5, 0.6) is 0 Å². The lowest BCUT2D eigenvalue weighted by Crippen LogP contribution is -2.64. The summed E-state index contributed by atoms with van der Waals surface area (Å²) in [4.78, 5) is 2.81. The van der Waals surface area contributed by atoms with Crippen LogP contribution in [0.25, 0.3) is 5.69 Å². The molecule has 7 rings (SSSR count). The molecule has 1 aromatic carbocycles. The summed E-state index contributed by atoms with van der Waals surface area (Å²) in [6, 6.07) is 8.54. The highest BCUT2D eigenvalue weighted by atomic mass is 15.6. The van der Waals surface area contributed by atoms with Gasteiger partial charge < -0.3 is 0 Å². The Hall–Kier alpha value is -1.75. The van der Waals surface area contributed by atoms with Crippen molar-refractivity contribution in [2.75, 3.05) is 13.1 Å². The van der Waals surface area contributed by atoms with E-state index in [-0.39, 0.29) is 5.54 Å². The van der Waals surface area contributed by atoms with Gasteiger partial charge in [-0.3, -0.25) is 4.90 Å². The Labute approximate surface area is 161 Å². The van der Waals surface area contributed by atoms with E-state index in [1.165, 1.54) is 63.6 Å². The Kier molecular flexibility index (Phi) is 3.53. The summed E-state index contributed by atoms with van der Waals surface area (Å²) < 4.78 is 2.09. The first-order valence-electron chi connectivity index (χ1n) is 10.9. The average molecular weight is 364 g/mol. The number of aromatic nitrogens is 4. The summed E-state index contributed by atoms with van der Waals surface area (Å²) >= 11 is 0. The highest BCUT2D eigenvalue weighted by Gasteiger charge is 2.63. The second kappa shape index (κ2) is 5.87. The number of aryl methyl sites for hydroxylation is 1. The molecule has 4 aliphatic carbocycles. The maximum absolute atomic E-state index is 4.76. The van der Waals surface area contributed by atoms with Gasteiger partial charge in [0.2, 0.25) is 0 Å². The molecule has 27 heavy (non-hydrogen) atoms. The molecule has 0 amide bonds. The standard InChI is InChI=1S/C22H29N5/c1-15-6-2-3-7-20(15)27-21(23-24-25-27)22(26-8-4-5-9-26)18-11-16-10-17(13-18)14-19(22)12-16/h2-3,6-7,16-19H,4-5,8-14H2,1H3. The van der Waals surface area contributed by atoms with Gasteiger partial charge in [-0.05, 0) is 111 Å². The van der Waals surface area contributed by atoms with E-state index in [2.05, 4.69) is 51.2 Å². The van der Waals surface area contributed by atoms with Crippen molar-refractivity contribution >= 4 is 0 Å². The van der Waals surface area contributed by atoms with Crippen LogP contribution < -0.4 is 0 Å². The SMILES string of the molecule is Cc1ccccc1-n1nnnc1C1(N2CCCC2)C2CC3CC(C2)CC1C3. The topological polar surface area (TPSA) is 46.8 Å². The van der Waals surface area contributed by atoms with Crippen LogP contribution in [-0.4, -0.2) is 38.2 Å². The summed E-state index contributed by atoms with van der Waals surface area (Å²) in [7, 11) is 0. The van der Waals surface area contributed by atoms with E-state index in [4.69, 9.17) is 5.10 Å². The van der Waals surface area contributed by atoms with Gasteiger partial charge in [-0.1, -0.05) is 18.2 Å². The number of hydrogen-bond acceptors (Lipinski definition) is 4. The van der Waals surface area contributed by atoms with E-state index in [1.54, 1.807) is 0 Å². The van der Waals surface area contributed by atoms with Gasteiger partial charge in [-0.25, -0.2) is 0 Å². The quantitative estimate of drug-likeness (QED) is 0.834. The van der Waals surface area contributed by atoms with Gasteiger partial charge >= 0.3 is 0 Å². The molecule has 0 N–H and O–H groups in total. The Morgan fingerprint density at radius 2 is 1.59 bits per heavy atom. The van der Waals surface area contributed by atoms with Crippen molar-refractivity contribution in [1.82, 2.24) is 25.1 Å². The lowest BCUT2D eigenvalue weighted by atomic mass is 9.47. The highest BCUT2D eigenvalue weighted by Crippen LogP contribution is 2.64. The zero-order chi connectivity index (χ0) is 18.0. The summed E-state index contributed by atoms with van der Waals surface area (Å²) in [5.74, 6) is 4.48. The van der Waals surface area contributed by atoms with Crippen LogP contribution in [-0.2, 0) is 5.54 Å². The van der Waals surface area contributed by atoms with Crippen LogP contribution in [0, 0.1) is 30.6 Å². The van der Waals surface area contributed by atoms with E-state index in [0.717, 1.165) is 35.2 Å². The maximum Gasteiger partial charge on any atom is 0.177 e. The smallest absolute Gasteiger partial charge is 0.177 e. The van der Waals surface area contributed by atoms with Gasteiger partial charge in [0.25, 0.3) is 0 Å². The van der Waals surface area contributed by atoms with Crippen LogP contribution in [0.3, 0.4) is 0 Å². The van der Waals surface area contributed by atoms with E-state index in [0.29, 0.717) is 0 Å². The van der Waals surface area contributed by atoms with Crippen LogP contribution in [0.15, 0.2) is 24.3 Å². The van der Waals surface area contributed by atoms with Crippen molar-refractivity contribution in [3.63, 3.8) is 0 Å². The number of para-hydroxylation sites is 1. The van der Waals surface area contributed by atoms with Crippen LogP contribution in [0.4, 0.5) is 0 Å². The molecule has 4 bridgehead atoms. The predicted molar refractivity (Wildman–Crippen MR) is 103 cm³/mol. The molecule has 0 spiro atoms. The highest BCUT2D eigenvalue weighted by molar-refractivity contribution is 5.41. The molecule has 1 aliphatic heterocycles. The van der Waals surface area contributed by atoms with Crippen molar-refractivity contribution in [1.29, 1.82) is 0 Å². The van der Waals surface area contributed by atoms with E-state index in [1.807, 2.05) is 0 Å². The second-order valence-corrected chi connectivity index (χ2v) is 9.52. The van der Waals surface area contributed by atoms with Crippen LogP contribution in [0.1, 0.15) is 56.3 Å². The first-order chi connectivity index (χ1) is 13.3. The average Bonchev–Trinajstić information content (AvgIpc) is 3.35. The Morgan fingerprint density at radius 3 is 2.26 bits per heavy atom. The minimum atomic E-state index is 0.0513. The van der Waals surface area contributed by atoms with Gasteiger partial charge in [0.1, 0.15) is 0 Å². The van der Waals surface area contributed by atoms with Crippen molar-refractivity contribution in [2.45, 2.75) is 57.4 Å².